The average molecular weight is 161 g/mol. The number of carbonyl (C=O) groups excluding carboxylic acids is 1. The van der Waals surface area contributed by atoms with Gasteiger partial charge < -0.3 is 5.32 Å². The van der Waals surface area contributed by atoms with Gasteiger partial charge in [0.2, 0.25) is 0 Å². The van der Waals surface area contributed by atoms with Crippen LogP contribution in [-0.2, 0) is 0 Å². The van der Waals surface area contributed by atoms with Crippen molar-refractivity contribution in [2.45, 2.75) is 0 Å². The summed E-state index contributed by atoms with van der Waals surface area (Å²) in [6.07, 6.45) is 9.28. The Bertz CT molecular complexity index is 302. The highest BCUT2D eigenvalue weighted by Gasteiger charge is 2.03. The van der Waals surface area contributed by atoms with E-state index in [0.29, 0.717) is 0 Å². The number of hydrogen-bond donors (Lipinski definition) is 1. The molecule has 12 heavy (non-hydrogen) atoms. The van der Waals surface area contributed by atoms with E-state index in [1.54, 1.807) is 0 Å². The van der Waals surface area contributed by atoms with Gasteiger partial charge in [0, 0.05) is 12.4 Å². The maximum absolute atomic E-state index is 11.1. The Morgan fingerprint density at radius 3 is 3.08 bits per heavy atom. The third kappa shape index (κ3) is 2.06. The van der Waals surface area contributed by atoms with Crippen molar-refractivity contribution in [3.05, 3.63) is 24.3 Å². The number of nitrogens with one attached hydrogen (secondary N) is 1. The Balaban J connectivity index is 2.61. The van der Waals surface area contributed by atoms with Gasteiger partial charge in [0.1, 0.15) is 5.69 Å². The molecule has 0 atom stereocenters. The Hall–Kier alpha value is -1.89. The van der Waals surface area contributed by atoms with Crippen LogP contribution in [0.2, 0.25) is 0 Å². The summed E-state index contributed by atoms with van der Waals surface area (Å²) in [7, 11) is 0. The highest BCUT2D eigenvalue weighted by atomic mass is 16.1. The van der Waals surface area contributed by atoms with Crippen molar-refractivity contribution < 1.29 is 4.79 Å². The van der Waals surface area contributed by atoms with E-state index in [-0.39, 0.29) is 18.1 Å². The van der Waals surface area contributed by atoms with Crippen molar-refractivity contribution in [3.63, 3.8) is 0 Å². The molecule has 1 N–H and O–H groups in total. The van der Waals surface area contributed by atoms with Crippen molar-refractivity contribution >= 4 is 5.91 Å². The monoisotopic (exact) mass is 161 g/mol. The second kappa shape index (κ2) is 4.09. The number of nitrogens with zero attached hydrogens (tertiary/aromatic N) is 2. The van der Waals surface area contributed by atoms with E-state index in [2.05, 4.69) is 21.2 Å². The molecule has 1 rings (SSSR count). The maximum atomic E-state index is 11.1. The van der Waals surface area contributed by atoms with Gasteiger partial charge in [-0.25, -0.2) is 4.98 Å². The van der Waals surface area contributed by atoms with Crippen LogP contribution in [0.1, 0.15) is 10.5 Å². The number of aromatic nitrogens is 2. The fourth-order valence-electron chi connectivity index (χ4n) is 0.638. The van der Waals surface area contributed by atoms with Crippen LogP contribution in [0.5, 0.6) is 0 Å². The van der Waals surface area contributed by atoms with E-state index in [0.717, 1.165) is 0 Å². The van der Waals surface area contributed by atoms with E-state index in [1.807, 2.05) is 0 Å². The SMILES string of the molecule is C#CCNC(=O)c1cnccn1. The standard InChI is InChI=1S/C8H7N3O/c1-2-3-11-8(12)7-6-9-4-5-10-7/h1,4-6H,3H2,(H,11,12). The normalized spacial score (nSPS) is 8.58. The van der Waals surface area contributed by atoms with Crippen LogP contribution < -0.4 is 5.32 Å². The van der Waals surface area contributed by atoms with Crippen molar-refractivity contribution in [1.82, 2.24) is 15.3 Å². The topological polar surface area (TPSA) is 54.9 Å². The first-order valence-corrected chi connectivity index (χ1v) is 3.32. The molecule has 60 valence electrons. The highest BCUT2D eigenvalue weighted by molar-refractivity contribution is 5.91. The molecule has 0 aliphatic rings. The lowest BCUT2D eigenvalue weighted by molar-refractivity contribution is 0.0953. The molecule has 0 radical (unpaired) electrons. The van der Waals surface area contributed by atoms with E-state index in [1.165, 1.54) is 18.6 Å². The van der Waals surface area contributed by atoms with E-state index >= 15 is 0 Å². The molecule has 1 aromatic rings. The highest BCUT2D eigenvalue weighted by Crippen LogP contribution is 1.88. The summed E-state index contributed by atoms with van der Waals surface area (Å²) in [6.45, 7) is 0.204. The van der Waals surface area contributed by atoms with Crippen molar-refractivity contribution in [3.8, 4) is 12.3 Å². The molecular formula is C8H7N3O. The zero-order chi connectivity index (χ0) is 8.81. The van der Waals surface area contributed by atoms with Crippen LogP contribution in [0, 0.1) is 12.3 Å². The fraction of sp³-hybridized carbons (Fsp3) is 0.125. The molecule has 0 unspecified atom stereocenters. The summed E-state index contributed by atoms with van der Waals surface area (Å²) in [5, 5.41) is 2.47. The largest absolute Gasteiger partial charge is 0.340 e. The van der Waals surface area contributed by atoms with Gasteiger partial charge in [-0.2, -0.15) is 0 Å². The van der Waals surface area contributed by atoms with Gasteiger partial charge in [0.05, 0.1) is 12.7 Å². The molecular weight excluding hydrogens is 154 g/mol. The summed E-state index contributed by atoms with van der Waals surface area (Å²) >= 11 is 0. The zero-order valence-electron chi connectivity index (χ0n) is 6.32. The molecule has 0 aromatic carbocycles. The third-order valence-electron chi connectivity index (χ3n) is 1.15. The second-order valence-electron chi connectivity index (χ2n) is 1.98. The van der Waals surface area contributed by atoms with E-state index in [4.69, 9.17) is 6.42 Å². The maximum Gasteiger partial charge on any atom is 0.272 e. The van der Waals surface area contributed by atoms with Crippen molar-refractivity contribution in [2.75, 3.05) is 6.54 Å². The molecule has 1 heterocycles. The molecule has 0 saturated carbocycles. The fourth-order valence-corrected chi connectivity index (χ4v) is 0.638. The molecule has 0 fully saturated rings. The Kier molecular flexibility index (Phi) is 2.79. The lowest BCUT2D eigenvalue weighted by Crippen LogP contribution is -2.24. The summed E-state index contributed by atoms with van der Waals surface area (Å²) < 4.78 is 0. The molecule has 4 heteroatoms. The predicted octanol–water partition coefficient (Wildman–Crippen LogP) is -0.160. The Labute approximate surface area is 70.0 Å². The minimum absolute atomic E-state index is 0.204. The smallest absolute Gasteiger partial charge is 0.272 e. The molecule has 0 spiro atoms. The zero-order valence-corrected chi connectivity index (χ0v) is 6.32. The second-order valence-corrected chi connectivity index (χ2v) is 1.98. The van der Waals surface area contributed by atoms with Crippen LogP contribution in [0.25, 0.3) is 0 Å². The van der Waals surface area contributed by atoms with E-state index in [9.17, 15) is 4.79 Å². The lowest BCUT2D eigenvalue weighted by Gasteiger charge is -1.97. The van der Waals surface area contributed by atoms with Crippen LogP contribution in [-0.4, -0.2) is 22.4 Å². The van der Waals surface area contributed by atoms with Gasteiger partial charge in [-0.15, -0.1) is 6.42 Å². The number of terminal acetylenes is 1. The number of rotatable bonds is 2. The molecule has 0 aliphatic heterocycles. The van der Waals surface area contributed by atoms with Crippen LogP contribution in [0.3, 0.4) is 0 Å². The third-order valence-corrected chi connectivity index (χ3v) is 1.15. The van der Waals surface area contributed by atoms with Crippen LogP contribution in [0.4, 0.5) is 0 Å². The Morgan fingerprint density at radius 1 is 1.67 bits per heavy atom. The minimum atomic E-state index is -0.305. The molecule has 0 saturated heterocycles. The lowest BCUT2D eigenvalue weighted by atomic mass is 10.4. The Morgan fingerprint density at radius 2 is 2.50 bits per heavy atom. The van der Waals surface area contributed by atoms with Crippen LogP contribution >= 0.6 is 0 Å². The number of carbonyl (C=O) groups is 1. The van der Waals surface area contributed by atoms with Gasteiger partial charge in [0.15, 0.2) is 0 Å². The minimum Gasteiger partial charge on any atom is -0.340 e. The number of hydrogen-bond acceptors (Lipinski definition) is 3. The van der Waals surface area contributed by atoms with Gasteiger partial charge in [-0.1, -0.05) is 5.92 Å². The first kappa shape index (κ1) is 8.21. The average Bonchev–Trinajstić information content (AvgIpc) is 2.15. The first-order valence-electron chi connectivity index (χ1n) is 3.32. The summed E-state index contributed by atoms with van der Waals surface area (Å²) in [6, 6.07) is 0. The molecule has 4 nitrogen and oxygen atoms in total. The summed E-state index contributed by atoms with van der Waals surface area (Å²) in [5.41, 5.74) is 0.271. The van der Waals surface area contributed by atoms with Gasteiger partial charge in [0.25, 0.3) is 5.91 Å². The molecule has 0 bridgehead atoms. The first-order chi connectivity index (χ1) is 5.84. The van der Waals surface area contributed by atoms with Gasteiger partial charge in [-0.3, -0.25) is 9.78 Å². The van der Waals surface area contributed by atoms with Gasteiger partial charge >= 0.3 is 0 Å². The van der Waals surface area contributed by atoms with Gasteiger partial charge in [-0.05, 0) is 0 Å². The summed E-state index contributed by atoms with van der Waals surface area (Å²) in [4.78, 5) is 18.6. The quantitative estimate of drug-likeness (QED) is 0.613. The van der Waals surface area contributed by atoms with E-state index < -0.39 is 0 Å². The molecule has 0 aliphatic carbocycles. The van der Waals surface area contributed by atoms with Crippen molar-refractivity contribution in [2.24, 2.45) is 0 Å². The molecule has 1 amide bonds. The van der Waals surface area contributed by atoms with Crippen molar-refractivity contribution in [1.29, 1.82) is 0 Å². The molecule has 1 aromatic heterocycles. The predicted molar refractivity (Wildman–Crippen MR) is 43.2 cm³/mol. The summed E-state index contributed by atoms with van der Waals surface area (Å²) in [5.74, 6) is 1.98. The van der Waals surface area contributed by atoms with Crippen LogP contribution in [0.15, 0.2) is 18.6 Å². The number of amides is 1.